The van der Waals surface area contributed by atoms with Gasteiger partial charge in [-0.15, -0.1) is 5.54 Å². The van der Waals surface area contributed by atoms with Crippen molar-refractivity contribution in [1.29, 1.82) is 5.26 Å². The van der Waals surface area contributed by atoms with Crippen LogP contribution >= 0.6 is 11.8 Å². The summed E-state index contributed by atoms with van der Waals surface area (Å²) in [7, 11) is -1.56. The van der Waals surface area contributed by atoms with Crippen molar-refractivity contribution >= 4 is 25.0 Å². The molecule has 0 aromatic carbocycles. The van der Waals surface area contributed by atoms with Crippen molar-refractivity contribution < 1.29 is 8.78 Å². The first-order valence-electron chi connectivity index (χ1n) is 8.72. The predicted octanol–water partition coefficient (Wildman–Crippen LogP) is 4.11. The van der Waals surface area contributed by atoms with Gasteiger partial charge >= 0.3 is 0 Å². The van der Waals surface area contributed by atoms with Crippen molar-refractivity contribution in [2.75, 3.05) is 6.67 Å². The molecule has 4 atom stereocenters. The monoisotopic (exact) mass is 391 g/mol. The highest BCUT2D eigenvalue weighted by molar-refractivity contribution is 8.15. The molecule has 3 nitrogen and oxygen atoms in total. The number of amidine groups is 1. The van der Waals surface area contributed by atoms with Crippen LogP contribution < -0.4 is 5.73 Å². The Morgan fingerprint density at radius 1 is 1.42 bits per heavy atom. The number of allylic oxidation sites excluding steroid dienone is 3. The number of nitrogens with zero attached hydrogens (tertiary/aromatic N) is 2. The van der Waals surface area contributed by atoms with Crippen molar-refractivity contribution in [3.63, 3.8) is 0 Å². The van der Waals surface area contributed by atoms with E-state index in [2.05, 4.69) is 42.2 Å². The number of halogens is 2. The number of hydrogen-bond acceptors (Lipinski definition) is 4. The summed E-state index contributed by atoms with van der Waals surface area (Å²) in [5.74, 6) is 1.91. The maximum atomic E-state index is 14.8. The van der Waals surface area contributed by atoms with E-state index in [-0.39, 0.29) is 23.3 Å². The van der Waals surface area contributed by atoms with E-state index >= 15 is 0 Å². The van der Waals surface area contributed by atoms with Gasteiger partial charge in [-0.3, -0.25) is 4.99 Å². The largest absolute Gasteiger partial charge is 0.379 e. The van der Waals surface area contributed by atoms with Crippen LogP contribution in [0.3, 0.4) is 0 Å². The maximum Gasteiger partial charge on any atom is 0.155 e. The molecule has 1 fully saturated rings. The first-order valence-corrected chi connectivity index (χ1v) is 13.0. The van der Waals surface area contributed by atoms with Crippen LogP contribution in [0.1, 0.15) is 19.3 Å². The van der Waals surface area contributed by atoms with Crippen LogP contribution in [0.15, 0.2) is 28.5 Å². The van der Waals surface area contributed by atoms with Gasteiger partial charge in [0.25, 0.3) is 0 Å². The Kier molecular flexibility index (Phi) is 4.83. The Morgan fingerprint density at radius 2 is 2.15 bits per heavy atom. The van der Waals surface area contributed by atoms with Gasteiger partial charge in [0, 0.05) is 22.2 Å². The van der Waals surface area contributed by atoms with Gasteiger partial charge in [0.2, 0.25) is 0 Å². The Labute approximate surface area is 158 Å². The Bertz CT molecular complexity index is 811. The Morgan fingerprint density at radius 3 is 2.77 bits per heavy atom. The molecule has 0 saturated heterocycles. The van der Waals surface area contributed by atoms with Gasteiger partial charge in [0.05, 0.1) is 12.5 Å². The van der Waals surface area contributed by atoms with Crippen LogP contribution in [-0.4, -0.2) is 30.2 Å². The van der Waals surface area contributed by atoms with E-state index in [1.54, 1.807) is 6.08 Å². The molecule has 3 aliphatic rings. The number of nitriles is 1. The molecule has 0 radical (unpaired) electrons. The van der Waals surface area contributed by atoms with Gasteiger partial charge in [-0.1, -0.05) is 37.3 Å². The van der Waals surface area contributed by atoms with Crippen molar-refractivity contribution in [3.05, 3.63) is 23.6 Å². The topological polar surface area (TPSA) is 62.2 Å². The second kappa shape index (κ2) is 6.55. The second-order valence-corrected chi connectivity index (χ2v) is 14.5. The molecule has 1 saturated carbocycles. The molecule has 1 unspecified atom stereocenters. The van der Waals surface area contributed by atoms with Crippen LogP contribution in [0, 0.1) is 34.6 Å². The SMILES string of the molecule is C[Si](C)(C)C#CC1=CC=C(F)C([C@@]2(CF)N=C(N)S[C@@]3(CC#N)C[C@H]32)C1. The Balaban J connectivity index is 1.95. The molecule has 3 rings (SSSR count). The summed E-state index contributed by atoms with van der Waals surface area (Å²) in [6.07, 6.45) is 4.32. The van der Waals surface area contributed by atoms with E-state index in [1.807, 2.05) is 0 Å². The van der Waals surface area contributed by atoms with Crippen LogP contribution in [0.4, 0.5) is 8.78 Å². The average Bonchev–Trinajstić information content (AvgIpc) is 3.27. The number of hydrogen-bond donors (Lipinski definition) is 1. The van der Waals surface area contributed by atoms with Gasteiger partial charge in [-0.2, -0.15) is 5.26 Å². The smallest absolute Gasteiger partial charge is 0.155 e. The number of alkyl halides is 1. The van der Waals surface area contributed by atoms with E-state index in [0.29, 0.717) is 12.8 Å². The molecule has 0 aromatic rings. The summed E-state index contributed by atoms with van der Waals surface area (Å²) >= 11 is 1.34. The van der Waals surface area contributed by atoms with Crippen molar-refractivity contribution in [2.45, 2.75) is 49.2 Å². The molecule has 2 aliphatic carbocycles. The zero-order valence-corrected chi connectivity index (χ0v) is 17.1. The minimum atomic E-state index is -1.56. The average molecular weight is 392 g/mol. The molecule has 26 heavy (non-hydrogen) atoms. The third kappa shape index (κ3) is 3.35. The number of aliphatic imine (C=N–C) groups is 1. The van der Waals surface area contributed by atoms with E-state index in [4.69, 9.17) is 11.0 Å². The summed E-state index contributed by atoms with van der Waals surface area (Å²) in [5.41, 5.74) is 8.85. The van der Waals surface area contributed by atoms with Gasteiger partial charge in [0.1, 0.15) is 26.1 Å². The molecule has 2 N–H and O–H groups in total. The lowest BCUT2D eigenvalue weighted by Gasteiger charge is -2.40. The van der Waals surface area contributed by atoms with E-state index in [9.17, 15) is 8.78 Å². The third-order valence-electron chi connectivity index (χ3n) is 5.25. The van der Waals surface area contributed by atoms with Crippen LogP contribution in [0.25, 0.3) is 0 Å². The first kappa shape index (κ1) is 19.2. The maximum absolute atomic E-state index is 14.8. The number of nitrogens with two attached hydrogens (primary N) is 1. The standard InChI is InChI=1S/C19H23F2N3SSi/c1-26(2,3)9-6-13-4-5-15(21)14(10-13)19(12-20)16-11-18(16,7-8-22)25-17(23)24-19/h4-5,14,16H,7,10-12H2,1-3H3,(H2,23,24)/t14?,16-,18+,19-/m1/s1. The van der Waals surface area contributed by atoms with Crippen molar-refractivity contribution in [1.82, 2.24) is 0 Å². The van der Waals surface area contributed by atoms with Crippen molar-refractivity contribution in [3.8, 4) is 17.5 Å². The van der Waals surface area contributed by atoms with Gasteiger partial charge in [0.15, 0.2) is 5.17 Å². The van der Waals surface area contributed by atoms with Crippen molar-refractivity contribution in [2.24, 2.45) is 22.6 Å². The normalized spacial score (nSPS) is 35.8. The third-order valence-corrected chi connectivity index (χ3v) is 7.43. The molecular formula is C19H23F2N3SSi. The predicted molar refractivity (Wildman–Crippen MR) is 105 cm³/mol. The highest BCUT2D eigenvalue weighted by Gasteiger charge is 2.69. The molecule has 7 heteroatoms. The molecule has 0 aromatic heterocycles. The Hall–Kier alpha value is -1.57. The number of fused-ring (bicyclic) bond motifs is 1. The fraction of sp³-hybridized carbons (Fsp3) is 0.579. The molecular weight excluding hydrogens is 368 g/mol. The molecule has 138 valence electrons. The lowest BCUT2D eigenvalue weighted by Crippen LogP contribution is -2.48. The molecule has 0 spiro atoms. The van der Waals surface area contributed by atoms with Gasteiger partial charge in [-0.25, -0.2) is 8.78 Å². The molecule has 0 amide bonds. The fourth-order valence-electron chi connectivity index (χ4n) is 3.91. The van der Waals surface area contributed by atoms with Crippen LogP contribution in [0.5, 0.6) is 0 Å². The minimum absolute atomic E-state index is 0.176. The van der Waals surface area contributed by atoms with Crippen LogP contribution in [-0.2, 0) is 0 Å². The molecule has 0 bridgehead atoms. The highest BCUT2D eigenvalue weighted by Crippen LogP contribution is 2.67. The summed E-state index contributed by atoms with van der Waals surface area (Å²) in [5, 5.41) is 9.40. The van der Waals surface area contributed by atoms with Gasteiger partial charge in [-0.05, 0) is 25.0 Å². The molecule has 1 heterocycles. The quantitative estimate of drug-likeness (QED) is 0.582. The summed E-state index contributed by atoms with van der Waals surface area (Å²) < 4.78 is 28.7. The summed E-state index contributed by atoms with van der Waals surface area (Å²) in [6.45, 7) is 5.64. The zero-order valence-electron chi connectivity index (χ0n) is 15.3. The minimum Gasteiger partial charge on any atom is -0.379 e. The number of thioether (sulfide) groups is 1. The molecule has 1 aliphatic heterocycles. The van der Waals surface area contributed by atoms with E-state index in [0.717, 1.165) is 5.57 Å². The van der Waals surface area contributed by atoms with Crippen LogP contribution in [0.2, 0.25) is 19.6 Å². The summed E-state index contributed by atoms with van der Waals surface area (Å²) in [4.78, 5) is 4.43. The lowest BCUT2D eigenvalue weighted by molar-refractivity contribution is 0.179. The summed E-state index contributed by atoms with van der Waals surface area (Å²) in [6, 6.07) is 2.17. The number of rotatable bonds is 3. The second-order valence-electron chi connectivity index (χ2n) is 8.33. The zero-order chi connectivity index (χ0) is 19.2. The first-order chi connectivity index (χ1) is 12.2. The van der Waals surface area contributed by atoms with E-state index in [1.165, 1.54) is 17.8 Å². The van der Waals surface area contributed by atoms with E-state index < -0.39 is 31.0 Å². The van der Waals surface area contributed by atoms with Gasteiger partial charge < -0.3 is 5.73 Å². The fourth-order valence-corrected chi connectivity index (χ4v) is 5.81. The highest BCUT2D eigenvalue weighted by atomic mass is 32.2. The lowest BCUT2D eigenvalue weighted by atomic mass is 9.74.